The summed E-state index contributed by atoms with van der Waals surface area (Å²) in [5, 5.41) is 12.9. The SMILES string of the molecule is CCOc1ccc(C(OP)c2cc([C@]3(O)O[C@H](COP)[C@@H](O[P+]#P)[C@H](OP(P)P)[C@H]3OP(P)PP)ccc2Cl)cc1.C[C@H]1[C@H](OP=P#P)[C@@H](OP(P)PP)C(=O)O[C@@H]1COP. The summed E-state index contributed by atoms with van der Waals surface area (Å²) in [6.07, 6.45) is -5.01. The van der Waals surface area contributed by atoms with Crippen LogP contribution in [0.25, 0.3) is 0 Å². The average molecular weight is 1220 g/mol. The third-order valence-corrected chi connectivity index (χ3v) is 30.1. The first-order chi connectivity index (χ1) is 29.2. The Hall–Kier alpha value is 5.64. The first kappa shape index (κ1) is 60.9. The van der Waals surface area contributed by atoms with E-state index in [1.807, 2.05) is 38.1 Å². The molecule has 33 heteroatoms. The molecule has 61 heavy (non-hydrogen) atoms. The molecule has 0 aromatic heterocycles. The monoisotopic (exact) mass is 1220 g/mol. The number of hydrogen-bond acceptors (Lipinski definition) is 13. The molecule has 2 heterocycles. The summed E-state index contributed by atoms with van der Waals surface area (Å²) < 4.78 is 64.0. The van der Waals surface area contributed by atoms with E-state index in [9.17, 15) is 9.90 Å². The van der Waals surface area contributed by atoms with Crippen LogP contribution in [0.15, 0.2) is 42.5 Å². The normalized spacial score (nSPS) is 28.4. The molecular weight excluding hydrogens is 1170 g/mol. The zero-order valence-corrected chi connectivity index (χ0v) is 52.7. The molecule has 2 aromatic carbocycles. The van der Waals surface area contributed by atoms with Crippen LogP contribution < -0.4 is 4.74 Å². The Kier molecular flexibility index (Phi) is 32.6. The van der Waals surface area contributed by atoms with E-state index in [4.69, 9.17) is 62.0 Å². The van der Waals surface area contributed by atoms with Crippen molar-refractivity contribution in [2.45, 2.75) is 68.5 Å². The molecule has 2 aliphatic heterocycles. The van der Waals surface area contributed by atoms with Crippen LogP contribution in [-0.4, -0.2) is 73.6 Å². The summed E-state index contributed by atoms with van der Waals surface area (Å²) in [5.74, 6) is -1.61. The molecular formula is C28H49ClO13P19+. The molecule has 0 saturated carbocycles. The predicted molar refractivity (Wildman–Crippen MR) is 295 cm³/mol. The van der Waals surface area contributed by atoms with Crippen LogP contribution in [0.1, 0.15) is 36.6 Å². The third-order valence-electron chi connectivity index (χ3n) is 8.78. The number of aliphatic hydroxyl groups is 1. The number of ether oxygens (including phenoxy) is 3. The van der Waals surface area contributed by atoms with Crippen molar-refractivity contribution in [3.05, 3.63) is 64.2 Å². The molecule has 0 amide bonds. The Bertz CT molecular complexity index is 1810. The Labute approximate surface area is 399 Å². The van der Waals surface area contributed by atoms with Crippen molar-refractivity contribution in [1.82, 2.24) is 0 Å². The van der Waals surface area contributed by atoms with Gasteiger partial charge in [-0.25, -0.2) is 0 Å². The van der Waals surface area contributed by atoms with Crippen molar-refractivity contribution < 1.29 is 60.3 Å². The van der Waals surface area contributed by atoms with Gasteiger partial charge >= 0.3 is 378 Å². The fraction of sp³-hybridized carbons (Fsp3) is 0.536. The van der Waals surface area contributed by atoms with E-state index in [0.29, 0.717) is 61.3 Å². The average Bonchev–Trinajstić information content (AvgIpc) is 3.23. The van der Waals surface area contributed by atoms with Gasteiger partial charge in [-0.3, -0.25) is 0 Å². The minimum absolute atomic E-state index is 0.0120. The standard InChI is InChI=1S/C21H33ClO8P11.C7H16O5P8/c1-2-24-13-6-3-11(4-7-13)17(27-32)14-9-12(5-8-15(14)22)21(23)20(30-41(37)39-34)19(29-40(35)36)18(28-38-33)16(26-21)10-25-31;1-3-4(2-9-13)10-7(8)6(12-20(16)19-15)5(3)11-17-18-14/h3-9,16-20,23,39H,2,10,31-32,34-37H2,1H3;3-6,19H,2,13,15-16H2,1H3/q+1;/t16-,17?,18-,19+,20-,21+,41?;3-,4-,5+,6-,20?/m11/s1. The Morgan fingerprint density at radius 3 is 2.16 bits per heavy atom. The number of carbonyl (C=O) groups excluding carboxylic acids is 1. The third kappa shape index (κ3) is 18.6. The van der Waals surface area contributed by atoms with Crippen molar-refractivity contribution in [2.75, 3.05) is 19.8 Å². The van der Waals surface area contributed by atoms with E-state index in [2.05, 4.69) is 98.7 Å². The van der Waals surface area contributed by atoms with Crippen molar-refractivity contribution in [3.8, 4) is 5.75 Å². The summed E-state index contributed by atoms with van der Waals surface area (Å²) >= 11 is 6.72. The van der Waals surface area contributed by atoms with Gasteiger partial charge in [0.15, 0.2) is 0 Å². The topological polar surface area (TPSA) is 139 Å². The van der Waals surface area contributed by atoms with Gasteiger partial charge in [-0.05, 0) is 6.92 Å². The molecule has 14 unspecified atom stereocenters. The van der Waals surface area contributed by atoms with Crippen molar-refractivity contribution in [1.29, 1.82) is 0 Å². The van der Waals surface area contributed by atoms with E-state index >= 15 is 0 Å². The summed E-state index contributed by atoms with van der Waals surface area (Å²) in [5.41, 5.74) is 1.89. The van der Waals surface area contributed by atoms with E-state index in [1.54, 1.807) is 18.2 Å². The Balaban J connectivity index is 0.000000415. The van der Waals surface area contributed by atoms with Gasteiger partial charge in [-0.15, -0.1) is 0 Å². The van der Waals surface area contributed by atoms with Crippen LogP contribution in [0, 0.1) is 5.92 Å². The fourth-order valence-electron chi connectivity index (χ4n) is 6.06. The molecule has 2 saturated heterocycles. The first-order valence-corrected chi connectivity index (χ1v) is 42.2. The first-order valence-electron chi connectivity index (χ1n) is 17.3. The molecule has 340 valence electrons. The maximum absolute atomic E-state index is 12.5. The molecule has 0 radical (unpaired) electrons. The van der Waals surface area contributed by atoms with Crippen LogP contribution in [0.4, 0.5) is 0 Å². The Morgan fingerprint density at radius 2 is 1.61 bits per heavy atom. The van der Waals surface area contributed by atoms with Crippen molar-refractivity contribution in [3.63, 3.8) is 0 Å². The molecule has 0 aliphatic carbocycles. The maximum atomic E-state index is 12.5. The molecule has 13 nitrogen and oxygen atoms in total. The van der Waals surface area contributed by atoms with Crippen LogP contribution in [-0.2, 0) is 56.2 Å². The van der Waals surface area contributed by atoms with E-state index in [1.165, 1.54) is 0 Å². The molecule has 23 atom stereocenters. The molecule has 0 spiro atoms. The van der Waals surface area contributed by atoms with Crippen molar-refractivity contribution >= 4 is 178 Å². The van der Waals surface area contributed by atoms with Crippen LogP contribution >= 0.6 is 172 Å². The van der Waals surface area contributed by atoms with Gasteiger partial charge in [-0.2, -0.15) is 0 Å². The second kappa shape index (κ2) is 32.7. The molecule has 2 aromatic rings. The second-order valence-electron chi connectivity index (χ2n) is 12.4. The molecule has 1 N–H and O–H groups in total. The summed E-state index contributed by atoms with van der Waals surface area (Å²) in [7, 11) is 30.2. The quantitative estimate of drug-likeness (QED) is 0.0938. The van der Waals surface area contributed by atoms with E-state index < -0.39 is 65.0 Å². The number of hydrogen-bond donors (Lipinski definition) is 1. The van der Waals surface area contributed by atoms with E-state index in [0.717, 1.165) is 18.3 Å². The Morgan fingerprint density at radius 1 is 0.967 bits per heavy atom. The summed E-state index contributed by atoms with van der Waals surface area (Å²) in [6.45, 7) is 5.68. The number of cyclic esters (lactones) is 1. The number of esters is 1. The van der Waals surface area contributed by atoms with Crippen LogP contribution in [0.3, 0.4) is 0 Å². The van der Waals surface area contributed by atoms with Crippen molar-refractivity contribution in [2.24, 2.45) is 5.92 Å². The van der Waals surface area contributed by atoms with Gasteiger partial charge in [0.05, 0.1) is 6.61 Å². The number of rotatable bonds is 21. The fourth-order valence-corrected chi connectivity index (χ4v) is 14.3. The van der Waals surface area contributed by atoms with Gasteiger partial charge < -0.3 is 4.74 Å². The van der Waals surface area contributed by atoms with Gasteiger partial charge in [0, 0.05) is 0 Å². The van der Waals surface area contributed by atoms with Gasteiger partial charge in [0.1, 0.15) is 5.75 Å². The number of halogens is 1. The molecule has 2 aliphatic rings. The van der Waals surface area contributed by atoms with Crippen LogP contribution in [0.2, 0.25) is 5.02 Å². The molecule has 2 fully saturated rings. The summed E-state index contributed by atoms with van der Waals surface area (Å²) in [6, 6.07) is 12.8. The number of carbonyl (C=O) groups is 1. The zero-order valence-electron chi connectivity index (χ0n) is 32.4. The zero-order chi connectivity index (χ0) is 45.3. The predicted octanol–water partition coefficient (Wildman–Crippen LogP) is 13.6. The summed E-state index contributed by atoms with van der Waals surface area (Å²) in [4.78, 5) is 12.1. The van der Waals surface area contributed by atoms with Crippen LogP contribution in [0.5, 0.6) is 5.75 Å². The molecule has 0 bridgehead atoms. The van der Waals surface area contributed by atoms with E-state index in [-0.39, 0.29) is 30.7 Å². The molecule has 4 rings (SSSR count). The second-order valence-corrected chi connectivity index (χ2v) is 40.6. The number of benzene rings is 2. The van der Waals surface area contributed by atoms with Gasteiger partial charge in [-0.1, -0.05) is 0 Å². The van der Waals surface area contributed by atoms with Gasteiger partial charge in [0.2, 0.25) is 0 Å². The van der Waals surface area contributed by atoms with Gasteiger partial charge in [0.25, 0.3) is 0 Å². The minimum atomic E-state index is -1.96.